The largest absolute Gasteiger partial charge is 0.471 e. The number of anilines is 1. The van der Waals surface area contributed by atoms with Crippen LogP contribution >= 0.6 is 11.6 Å². The Morgan fingerprint density at radius 1 is 1.32 bits per heavy atom. The lowest BCUT2D eigenvalue weighted by Crippen LogP contribution is -2.43. The molecule has 0 radical (unpaired) electrons. The van der Waals surface area contributed by atoms with Gasteiger partial charge in [0.1, 0.15) is 23.9 Å². The van der Waals surface area contributed by atoms with Gasteiger partial charge in [-0.1, -0.05) is 17.7 Å². The SMILES string of the molecule is Fc1cc(Cl)cnc1COc1cccc(N2CCNCC2)n1. The van der Waals surface area contributed by atoms with Crippen LogP contribution in [-0.4, -0.2) is 36.1 Å². The van der Waals surface area contributed by atoms with Crippen LogP contribution in [0.25, 0.3) is 0 Å². The van der Waals surface area contributed by atoms with Crippen molar-refractivity contribution in [1.29, 1.82) is 0 Å². The minimum atomic E-state index is -0.481. The molecule has 1 N–H and O–H groups in total. The molecular weight excluding hydrogens is 307 g/mol. The maximum absolute atomic E-state index is 13.7. The van der Waals surface area contributed by atoms with Gasteiger partial charge in [0.2, 0.25) is 5.88 Å². The molecule has 0 aromatic carbocycles. The molecule has 116 valence electrons. The van der Waals surface area contributed by atoms with Gasteiger partial charge < -0.3 is 15.0 Å². The van der Waals surface area contributed by atoms with Crippen molar-refractivity contribution in [2.45, 2.75) is 6.61 Å². The van der Waals surface area contributed by atoms with Gasteiger partial charge in [-0.2, -0.15) is 4.98 Å². The molecule has 22 heavy (non-hydrogen) atoms. The lowest BCUT2D eigenvalue weighted by molar-refractivity contribution is 0.283. The Kier molecular flexibility index (Phi) is 4.70. The number of nitrogens with one attached hydrogen (secondary N) is 1. The highest BCUT2D eigenvalue weighted by Crippen LogP contribution is 2.18. The Morgan fingerprint density at radius 3 is 2.91 bits per heavy atom. The molecule has 0 saturated carbocycles. The second-order valence-corrected chi connectivity index (χ2v) is 5.38. The van der Waals surface area contributed by atoms with E-state index >= 15 is 0 Å². The fraction of sp³-hybridized carbons (Fsp3) is 0.333. The zero-order chi connectivity index (χ0) is 15.4. The molecule has 0 bridgehead atoms. The summed E-state index contributed by atoms with van der Waals surface area (Å²) in [4.78, 5) is 10.6. The van der Waals surface area contributed by atoms with Crippen molar-refractivity contribution in [1.82, 2.24) is 15.3 Å². The van der Waals surface area contributed by atoms with Crippen LogP contribution < -0.4 is 15.0 Å². The lowest BCUT2D eigenvalue weighted by Gasteiger charge is -2.28. The van der Waals surface area contributed by atoms with E-state index in [1.807, 2.05) is 12.1 Å². The highest BCUT2D eigenvalue weighted by Gasteiger charge is 2.12. The Labute approximate surface area is 133 Å². The van der Waals surface area contributed by atoms with Gasteiger partial charge in [-0.3, -0.25) is 4.98 Å². The highest BCUT2D eigenvalue weighted by molar-refractivity contribution is 6.30. The quantitative estimate of drug-likeness (QED) is 0.935. The van der Waals surface area contributed by atoms with E-state index < -0.39 is 5.82 Å². The molecule has 2 aromatic heterocycles. The molecule has 1 saturated heterocycles. The van der Waals surface area contributed by atoms with Gasteiger partial charge in [0.25, 0.3) is 0 Å². The van der Waals surface area contributed by atoms with Crippen LogP contribution in [0.2, 0.25) is 5.02 Å². The average molecular weight is 323 g/mol. The average Bonchev–Trinajstić information content (AvgIpc) is 2.55. The number of hydrogen-bond acceptors (Lipinski definition) is 5. The third kappa shape index (κ3) is 3.64. The van der Waals surface area contributed by atoms with Crippen LogP contribution in [0.5, 0.6) is 5.88 Å². The van der Waals surface area contributed by atoms with Crippen molar-refractivity contribution in [3.05, 3.63) is 47.0 Å². The molecule has 3 rings (SSSR count). The third-order valence-corrected chi connectivity index (χ3v) is 3.60. The van der Waals surface area contributed by atoms with Gasteiger partial charge in [0.05, 0.1) is 5.02 Å². The first kappa shape index (κ1) is 15.0. The van der Waals surface area contributed by atoms with Crippen molar-refractivity contribution >= 4 is 17.4 Å². The van der Waals surface area contributed by atoms with Gasteiger partial charge in [-0.15, -0.1) is 0 Å². The lowest BCUT2D eigenvalue weighted by atomic mass is 10.3. The highest BCUT2D eigenvalue weighted by atomic mass is 35.5. The van der Waals surface area contributed by atoms with Gasteiger partial charge in [-0.25, -0.2) is 4.39 Å². The molecule has 1 aliphatic rings. The summed E-state index contributed by atoms with van der Waals surface area (Å²) in [5.41, 5.74) is 0.207. The maximum Gasteiger partial charge on any atom is 0.215 e. The maximum atomic E-state index is 13.7. The fourth-order valence-corrected chi connectivity index (χ4v) is 2.39. The summed E-state index contributed by atoms with van der Waals surface area (Å²) in [5.74, 6) is 0.835. The van der Waals surface area contributed by atoms with Gasteiger partial charge in [0.15, 0.2) is 0 Å². The molecule has 0 spiro atoms. The summed E-state index contributed by atoms with van der Waals surface area (Å²) in [5, 5.41) is 3.56. The van der Waals surface area contributed by atoms with E-state index in [1.165, 1.54) is 12.3 Å². The molecule has 0 unspecified atom stereocenters. The van der Waals surface area contributed by atoms with Crippen LogP contribution in [0, 0.1) is 5.82 Å². The van der Waals surface area contributed by atoms with Crippen LogP contribution in [0.3, 0.4) is 0 Å². The zero-order valence-corrected chi connectivity index (χ0v) is 12.7. The number of halogens is 2. The molecule has 0 atom stereocenters. The minimum absolute atomic E-state index is 0.0149. The van der Waals surface area contributed by atoms with E-state index in [0.717, 1.165) is 32.0 Å². The monoisotopic (exact) mass is 322 g/mol. The Balaban J connectivity index is 1.67. The zero-order valence-electron chi connectivity index (χ0n) is 11.9. The number of pyridine rings is 2. The summed E-state index contributed by atoms with van der Waals surface area (Å²) in [6.45, 7) is 3.70. The number of piperazine rings is 1. The van der Waals surface area contributed by atoms with Gasteiger partial charge in [0, 0.05) is 38.4 Å². The molecule has 0 aliphatic carbocycles. The van der Waals surface area contributed by atoms with E-state index in [2.05, 4.69) is 20.2 Å². The van der Waals surface area contributed by atoms with E-state index in [4.69, 9.17) is 16.3 Å². The molecule has 7 heteroatoms. The van der Waals surface area contributed by atoms with Crippen LogP contribution in [0.1, 0.15) is 5.69 Å². The van der Waals surface area contributed by atoms with Crippen LogP contribution in [0.15, 0.2) is 30.5 Å². The predicted molar refractivity (Wildman–Crippen MR) is 82.9 cm³/mol. The minimum Gasteiger partial charge on any atom is -0.471 e. The molecule has 1 fully saturated rings. The van der Waals surface area contributed by atoms with Crippen molar-refractivity contribution < 1.29 is 9.13 Å². The second kappa shape index (κ2) is 6.89. The normalized spacial score (nSPS) is 14.9. The first-order valence-corrected chi connectivity index (χ1v) is 7.45. The molecular formula is C15H16ClFN4O. The van der Waals surface area contributed by atoms with E-state index in [9.17, 15) is 4.39 Å². The van der Waals surface area contributed by atoms with E-state index in [0.29, 0.717) is 5.88 Å². The van der Waals surface area contributed by atoms with Gasteiger partial charge >= 0.3 is 0 Å². The van der Waals surface area contributed by atoms with E-state index in [1.54, 1.807) is 6.07 Å². The Hall–Kier alpha value is -1.92. The second-order valence-electron chi connectivity index (χ2n) is 4.94. The Bertz CT molecular complexity index is 649. The van der Waals surface area contributed by atoms with Crippen molar-refractivity contribution in [3.8, 4) is 5.88 Å². The van der Waals surface area contributed by atoms with E-state index in [-0.39, 0.29) is 17.3 Å². The third-order valence-electron chi connectivity index (χ3n) is 3.39. The Morgan fingerprint density at radius 2 is 2.14 bits per heavy atom. The summed E-state index contributed by atoms with van der Waals surface area (Å²) in [7, 11) is 0. The number of aromatic nitrogens is 2. The summed E-state index contributed by atoms with van der Waals surface area (Å²) >= 11 is 5.67. The molecule has 1 aliphatic heterocycles. The topological polar surface area (TPSA) is 50.3 Å². The molecule has 0 amide bonds. The molecule has 5 nitrogen and oxygen atoms in total. The number of rotatable bonds is 4. The summed E-state index contributed by atoms with van der Waals surface area (Å²) in [6.07, 6.45) is 1.40. The van der Waals surface area contributed by atoms with Crippen molar-refractivity contribution in [3.63, 3.8) is 0 Å². The number of nitrogens with zero attached hydrogens (tertiary/aromatic N) is 3. The smallest absolute Gasteiger partial charge is 0.215 e. The fourth-order valence-electron chi connectivity index (χ4n) is 2.25. The molecule has 2 aromatic rings. The van der Waals surface area contributed by atoms with Crippen LogP contribution in [-0.2, 0) is 6.61 Å². The number of hydrogen-bond donors (Lipinski definition) is 1. The predicted octanol–water partition coefficient (Wildman–Crippen LogP) is 2.26. The standard InChI is InChI=1S/C15H16ClFN4O/c16-11-8-12(17)13(19-9-11)10-22-15-3-1-2-14(20-15)21-6-4-18-5-7-21/h1-3,8-9,18H,4-7,10H2. The first-order chi connectivity index (χ1) is 10.7. The summed E-state index contributed by atoms with van der Waals surface area (Å²) in [6, 6.07) is 6.79. The first-order valence-electron chi connectivity index (χ1n) is 7.08. The number of ether oxygens (including phenoxy) is 1. The van der Waals surface area contributed by atoms with Crippen molar-refractivity contribution in [2.24, 2.45) is 0 Å². The van der Waals surface area contributed by atoms with Crippen LogP contribution in [0.4, 0.5) is 10.2 Å². The molecule has 3 heterocycles. The summed E-state index contributed by atoms with van der Waals surface area (Å²) < 4.78 is 19.2. The van der Waals surface area contributed by atoms with Crippen molar-refractivity contribution in [2.75, 3.05) is 31.1 Å². The van der Waals surface area contributed by atoms with Gasteiger partial charge in [-0.05, 0) is 12.1 Å².